The molecule has 74 valence electrons. The maximum Gasteiger partial charge on any atom is 0.231 e. The molecule has 1 atom stereocenters. The Bertz CT molecular complexity index is 360. The molecule has 1 aliphatic rings. The smallest absolute Gasteiger partial charge is 0.231 e. The number of nitrogens with two attached hydrogens (primary N) is 1. The Kier molecular flexibility index (Phi) is 2.25. The molecule has 3 heteroatoms. The monoisotopic (exact) mass is 190 g/mol. The van der Waals surface area contributed by atoms with E-state index < -0.39 is 0 Å². The number of anilines is 1. The van der Waals surface area contributed by atoms with Gasteiger partial charge < -0.3 is 10.6 Å². The molecule has 0 aromatic heterocycles. The van der Waals surface area contributed by atoms with Gasteiger partial charge in [0, 0.05) is 18.3 Å². The summed E-state index contributed by atoms with van der Waals surface area (Å²) in [7, 11) is 0. The molecule has 1 aliphatic heterocycles. The van der Waals surface area contributed by atoms with E-state index in [0.29, 0.717) is 13.0 Å². The third-order valence-corrected chi connectivity index (χ3v) is 2.40. The molecule has 3 nitrogen and oxygen atoms in total. The number of para-hydroxylation sites is 1. The zero-order chi connectivity index (χ0) is 10.1. The number of hydrogen-bond donors (Lipinski definition) is 1. The third-order valence-electron chi connectivity index (χ3n) is 2.40. The second kappa shape index (κ2) is 3.42. The summed E-state index contributed by atoms with van der Waals surface area (Å²) in [5, 5.41) is 0. The van der Waals surface area contributed by atoms with Crippen LogP contribution in [0.2, 0.25) is 0 Å². The first-order valence-electron chi connectivity index (χ1n) is 4.82. The lowest BCUT2D eigenvalue weighted by Gasteiger charge is -2.19. The van der Waals surface area contributed by atoms with Crippen molar-refractivity contribution in [1.82, 2.24) is 0 Å². The summed E-state index contributed by atoms with van der Waals surface area (Å²) in [5.74, 6) is 0.156. The molecule has 0 bridgehead atoms. The molecule has 0 spiro atoms. The summed E-state index contributed by atoms with van der Waals surface area (Å²) < 4.78 is 0. The molecule has 1 heterocycles. The van der Waals surface area contributed by atoms with E-state index in [-0.39, 0.29) is 11.9 Å². The summed E-state index contributed by atoms with van der Waals surface area (Å²) >= 11 is 0. The Labute approximate surface area is 83.5 Å². The molecule has 0 saturated heterocycles. The fourth-order valence-corrected chi connectivity index (χ4v) is 1.80. The normalized spacial score (nSPS) is 17.0. The highest BCUT2D eigenvalue weighted by Gasteiger charge is 2.26. The van der Waals surface area contributed by atoms with E-state index in [1.165, 1.54) is 0 Å². The van der Waals surface area contributed by atoms with Gasteiger partial charge in [0.05, 0.1) is 6.42 Å². The Balaban J connectivity index is 2.30. The van der Waals surface area contributed by atoms with Crippen molar-refractivity contribution in [3.05, 3.63) is 29.8 Å². The van der Waals surface area contributed by atoms with Crippen molar-refractivity contribution in [2.24, 2.45) is 5.73 Å². The second-order valence-corrected chi connectivity index (χ2v) is 3.79. The van der Waals surface area contributed by atoms with Crippen molar-refractivity contribution in [1.29, 1.82) is 0 Å². The van der Waals surface area contributed by atoms with Crippen LogP contribution in [-0.2, 0) is 11.2 Å². The molecule has 1 unspecified atom stereocenters. The lowest BCUT2D eigenvalue weighted by molar-refractivity contribution is -0.117. The molecule has 0 radical (unpaired) electrons. The largest absolute Gasteiger partial charge is 0.326 e. The SMILES string of the molecule is CC(N)CN1C(=O)Cc2ccccc21. The van der Waals surface area contributed by atoms with Gasteiger partial charge in [0.1, 0.15) is 0 Å². The van der Waals surface area contributed by atoms with Crippen LogP contribution in [0.25, 0.3) is 0 Å². The molecule has 1 aromatic carbocycles. The summed E-state index contributed by atoms with van der Waals surface area (Å²) in [6.45, 7) is 2.52. The molecule has 0 aliphatic carbocycles. The van der Waals surface area contributed by atoms with E-state index in [9.17, 15) is 4.79 Å². The molecular weight excluding hydrogens is 176 g/mol. The summed E-state index contributed by atoms with van der Waals surface area (Å²) in [4.78, 5) is 13.4. The van der Waals surface area contributed by atoms with Crippen LogP contribution >= 0.6 is 0 Å². The van der Waals surface area contributed by atoms with Crippen LogP contribution in [0.15, 0.2) is 24.3 Å². The molecule has 1 aromatic rings. The number of carbonyl (C=O) groups is 1. The minimum Gasteiger partial charge on any atom is -0.326 e. The van der Waals surface area contributed by atoms with E-state index in [1.54, 1.807) is 4.90 Å². The minimum atomic E-state index is 0.0186. The Morgan fingerprint density at radius 2 is 2.21 bits per heavy atom. The molecule has 0 saturated carbocycles. The number of carbonyl (C=O) groups excluding carboxylic acids is 1. The predicted molar refractivity (Wildman–Crippen MR) is 56.1 cm³/mol. The second-order valence-electron chi connectivity index (χ2n) is 3.79. The van der Waals surface area contributed by atoms with Crippen LogP contribution in [-0.4, -0.2) is 18.5 Å². The summed E-state index contributed by atoms with van der Waals surface area (Å²) in [6.07, 6.45) is 0.517. The lowest BCUT2D eigenvalue weighted by Crippen LogP contribution is -2.37. The number of amides is 1. The zero-order valence-electron chi connectivity index (χ0n) is 8.23. The van der Waals surface area contributed by atoms with Gasteiger partial charge in [-0.05, 0) is 18.6 Å². The maximum atomic E-state index is 11.6. The van der Waals surface area contributed by atoms with Crippen molar-refractivity contribution in [3.8, 4) is 0 Å². The van der Waals surface area contributed by atoms with E-state index in [4.69, 9.17) is 5.73 Å². The highest BCUT2D eigenvalue weighted by atomic mass is 16.2. The van der Waals surface area contributed by atoms with Gasteiger partial charge in [-0.1, -0.05) is 18.2 Å². The Hall–Kier alpha value is -1.35. The number of fused-ring (bicyclic) bond motifs is 1. The number of hydrogen-bond acceptors (Lipinski definition) is 2. The Morgan fingerprint density at radius 3 is 2.93 bits per heavy atom. The number of benzene rings is 1. The van der Waals surface area contributed by atoms with Gasteiger partial charge in [-0.2, -0.15) is 0 Å². The Morgan fingerprint density at radius 1 is 1.50 bits per heavy atom. The van der Waals surface area contributed by atoms with Crippen molar-refractivity contribution in [2.45, 2.75) is 19.4 Å². The van der Waals surface area contributed by atoms with Crippen LogP contribution in [0.1, 0.15) is 12.5 Å². The molecular formula is C11H14N2O. The molecule has 1 amide bonds. The van der Waals surface area contributed by atoms with Gasteiger partial charge in [-0.15, -0.1) is 0 Å². The van der Waals surface area contributed by atoms with Crippen LogP contribution in [0.3, 0.4) is 0 Å². The fourth-order valence-electron chi connectivity index (χ4n) is 1.80. The van der Waals surface area contributed by atoms with E-state index in [1.807, 2.05) is 31.2 Å². The predicted octanol–water partition coefficient (Wildman–Crippen LogP) is 0.923. The van der Waals surface area contributed by atoms with Gasteiger partial charge in [0.2, 0.25) is 5.91 Å². The summed E-state index contributed by atoms with van der Waals surface area (Å²) in [6, 6.07) is 7.90. The fraction of sp³-hybridized carbons (Fsp3) is 0.364. The van der Waals surface area contributed by atoms with Crippen LogP contribution in [0, 0.1) is 0 Å². The first-order chi connectivity index (χ1) is 6.68. The van der Waals surface area contributed by atoms with Crippen LogP contribution in [0.4, 0.5) is 5.69 Å². The average molecular weight is 190 g/mol. The van der Waals surface area contributed by atoms with E-state index in [2.05, 4.69) is 0 Å². The highest BCUT2D eigenvalue weighted by Crippen LogP contribution is 2.27. The standard InChI is InChI=1S/C11H14N2O/c1-8(12)7-13-10-5-3-2-4-9(10)6-11(13)14/h2-5,8H,6-7,12H2,1H3. The van der Waals surface area contributed by atoms with Gasteiger partial charge in [0.15, 0.2) is 0 Å². The summed E-state index contributed by atoms with van der Waals surface area (Å²) in [5.41, 5.74) is 7.83. The topological polar surface area (TPSA) is 46.3 Å². The van der Waals surface area contributed by atoms with Gasteiger partial charge in [-0.3, -0.25) is 4.79 Å². The number of rotatable bonds is 2. The van der Waals surface area contributed by atoms with Crippen molar-refractivity contribution >= 4 is 11.6 Å². The third kappa shape index (κ3) is 1.51. The van der Waals surface area contributed by atoms with Crippen molar-refractivity contribution < 1.29 is 4.79 Å². The van der Waals surface area contributed by atoms with Crippen LogP contribution in [0.5, 0.6) is 0 Å². The molecule has 14 heavy (non-hydrogen) atoms. The lowest BCUT2D eigenvalue weighted by atomic mass is 10.2. The maximum absolute atomic E-state index is 11.6. The van der Waals surface area contributed by atoms with Gasteiger partial charge >= 0.3 is 0 Å². The van der Waals surface area contributed by atoms with E-state index >= 15 is 0 Å². The van der Waals surface area contributed by atoms with Crippen molar-refractivity contribution in [3.63, 3.8) is 0 Å². The first-order valence-corrected chi connectivity index (χ1v) is 4.82. The van der Waals surface area contributed by atoms with E-state index in [0.717, 1.165) is 11.3 Å². The molecule has 0 fully saturated rings. The van der Waals surface area contributed by atoms with Crippen molar-refractivity contribution in [2.75, 3.05) is 11.4 Å². The van der Waals surface area contributed by atoms with Gasteiger partial charge in [0.25, 0.3) is 0 Å². The number of nitrogens with zero attached hydrogens (tertiary/aromatic N) is 1. The molecule has 2 N–H and O–H groups in total. The van der Waals surface area contributed by atoms with Crippen LogP contribution < -0.4 is 10.6 Å². The molecule has 2 rings (SSSR count). The zero-order valence-corrected chi connectivity index (χ0v) is 8.23. The quantitative estimate of drug-likeness (QED) is 0.753. The average Bonchev–Trinajstić information content (AvgIpc) is 2.43. The minimum absolute atomic E-state index is 0.0186. The highest BCUT2D eigenvalue weighted by molar-refractivity contribution is 6.01. The first kappa shape index (κ1) is 9.21. The van der Waals surface area contributed by atoms with Gasteiger partial charge in [-0.25, -0.2) is 0 Å².